The van der Waals surface area contributed by atoms with Crippen LogP contribution < -0.4 is 0 Å². The van der Waals surface area contributed by atoms with Crippen molar-refractivity contribution in [2.75, 3.05) is 6.54 Å². The number of terminal acetylenes is 1. The molecule has 1 radical (unpaired) electrons. The predicted molar refractivity (Wildman–Crippen MR) is 22.2 cm³/mol. The van der Waals surface area contributed by atoms with Crippen molar-refractivity contribution in [3.05, 3.63) is 0 Å². The molecule has 1 nitrogen and oxygen atoms in total. The van der Waals surface area contributed by atoms with E-state index in [-0.39, 0.29) is 0 Å². The maximum Gasteiger partial charge on any atom is 0.0995 e. The molecule has 0 rings (SSSR count). The summed E-state index contributed by atoms with van der Waals surface area (Å²) in [5.74, 6) is 2.23. The van der Waals surface area contributed by atoms with Crippen LogP contribution in [0.5, 0.6) is 0 Å². The highest BCUT2D eigenvalue weighted by atomic mass is 14.6. The molecule has 0 amide bonds. The molecule has 0 aliphatic heterocycles. The third-order valence-corrected chi connectivity index (χ3v) is 0.183. The van der Waals surface area contributed by atoms with Crippen molar-refractivity contribution >= 4 is 6.72 Å². The van der Waals surface area contributed by atoms with E-state index < -0.39 is 0 Å². The molecule has 0 bridgehead atoms. The van der Waals surface area contributed by atoms with E-state index in [1.165, 1.54) is 0 Å². The molecule has 0 aromatic rings. The summed E-state index contributed by atoms with van der Waals surface area (Å²) in [5, 5.41) is 0. The first-order valence-electron chi connectivity index (χ1n) is 1.22. The Kier molecular flexibility index (Phi) is 2.73. The number of hydrogen-bond acceptors (Lipinski definition) is 1. The van der Waals surface area contributed by atoms with Gasteiger partial charge in [0.1, 0.15) is 0 Å². The minimum atomic E-state index is 0.319. The molecule has 0 aliphatic rings. The SMILES string of the molecule is [CH]=NCC#C. The molecule has 5 heavy (non-hydrogen) atoms. The molecule has 25 valence electrons. The van der Waals surface area contributed by atoms with E-state index in [1.54, 1.807) is 0 Å². The van der Waals surface area contributed by atoms with Crippen LogP contribution in [0.25, 0.3) is 0 Å². The van der Waals surface area contributed by atoms with Crippen molar-refractivity contribution in [2.45, 2.75) is 0 Å². The van der Waals surface area contributed by atoms with Crippen LogP contribution in [0.4, 0.5) is 0 Å². The second kappa shape index (κ2) is 3.23. The van der Waals surface area contributed by atoms with E-state index in [2.05, 4.69) is 17.6 Å². The van der Waals surface area contributed by atoms with Crippen molar-refractivity contribution < 1.29 is 0 Å². The average molecular weight is 66.1 g/mol. The summed E-state index contributed by atoms with van der Waals surface area (Å²) in [5.41, 5.74) is 0. The summed E-state index contributed by atoms with van der Waals surface area (Å²) in [6, 6.07) is 0. The van der Waals surface area contributed by atoms with Gasteiger partial charge in [-0.1, -0.05) is 5.92 Å². The lowest BCUT2D eigenvalue weighted by atomic mass is 10.7. The molecule has 1 heteroatoms. The third kappa shape index (κ3) is 3.23. The van der Waals surface area contributed by atoms with E-state index in [9.17, 15) is 0 Å². The molecule has 0 atom stereocenters. The minimum Gasteiger partial charge on any atom is -0.279 e. The highest BCUT2D eigenvalue weighted by Crippen LogP contribution is 1.52. The van der Waals surface area contributed by atoms with E-state index >= 15 is 0 Å². The molecule has 0 aliphatic carbocycles. The molecule has 0 saturated carbocycles. The lowest BCUT2D eigenvalue weighted by Gasteiger charge is -1.62. The number of nitrogens with zero attached hydrogens (tertiary/aromatic N) is 1. The van der Waals surface area contributed by atoms with Gasteiger partial charge in [0, 0.05) is 6.72 Å². The monoisotopic (exact) mass is 66.0 g/mol. The van der Waals surface area contributed by atoms with Crippen molar-refractivity contribution in [3.63, 3.8) is 0 Å². The molecule has 0 unspecified atom stereocenters. The standard InChI is InChI=1S/C4H4N/c1-3-4-5-2/h1-2H,4H2. The van der Waals surface area contributed by atoms with Crippen LogP contribution in [0.15, 0.2) is 4.99 Å². The molecule has 0 fully saturated rings. The van der Waals surface area contributed by atoms with Crippen LogP contribution >= 0.6 is 0 Å². The summed E-state index contributed by atoms with van der Waals surface area (Å²) in [6.07, 6.45) is 4.72. The first-order valence-corrected chi connectivity index (χ1v) is 1.22. The van der Waals surface area contributed by atoms with E-state index in [4.69, 9.17) is 6.42 Å². The Bertz CT molecular complexity index is 58.5. The summed E-state index contributed by atoms with van der Waals surface area (Å²) >= 11 is 0. The summed E-state index contributed by atoms with van der Waals surface area (Å²) in [6.45, 7) is 4.94. The zero-order valence-corrected chi connectivity index (χ0v) is 2.81. The zero-order valence-electron chi connectivity index (χ0n) is 2.81. The first kappa shape index (κ1) is 4.23. The molecule has 0 heterocycles. The van der Waals surface area contributed by atoms with Gasteiger partial charge in [-0.15, -0.1) is 6.42 Å². The Morgan fingerprint density at radius 3 is 2.40 bits per heavy atom. The fraction of sp³-hybridized carbons (Fsp3) is 0.250. The van der Waals surface area contributed by atoms with E-state index in [0.717, 1.165) is 0 Å². The summed E-state index contributed by atoms with van der Waals surface area (Å²) in [7, 11) is 0. The van der Waals surface area contributed by atoms with Crippen molar-refractivity contribution in [1.82, 2.24) is 0 Å². The molecule has 0 aromatic heterocycles. The third-order valence-electron chi connectivity index (χ3n) is 0.183. The Morgan fingerprint density at radius 1 is 1.80 bits per heavy atom. The quantitative estimate of drug-likeness (QED) is 0.306. The minimum absolute atomic E-state index is 0.319. The van der Waals surface area contributed by atoms with Crippen molar-refractivity contribution in [1.29, 1.82) is 0 Å². The maximum absolute atomic E-state index is 4.72. The molecule has 0 saturated heterocycles. The zero-order chi connectivity index (χ0) is 4.12. The van der Waals surface area contributed by atoms with Gasteiger partial charge in [-0.25, -0.2) is 0 Å². The number of hydrogen-bond donors (Lipinski definition) is 0. The predicted octanol–water partition coefficient (Wildman–Crippen LogP) is 0.197. The van der Waals surface area contributed by atoms with Crippen molar-refractivity contribution in [3.8, 4) is 12.3 Å². The average Bonchev–Trinajstić information content (AvgIpc) is 1.41. The number of aliphatic imine (C=N–C) groups is 1. The number of rotatable bonds is 1. The second-order valence-electron chi connectivity index (χ2n) is 0.545. The summed E-state index contributed by atoms with van der Waals surface area (Å²) < 4.78 is 0. The van der Waals surface area contributed by atoms with Gasteiger partial charge in [-0.05, 0) is 0 Å². The van der Waals surface area contributed by atoms with E-state index in [0.29, 0.717) is 6.54 Å². The molecule has 0 spiro atoms. The fourth-order valence-corrected chi connectivity index (χ4v) is 0.0527. The van der Waals surface area contributed by atoms with Gasteiger partial charge in [-0.3, -0.25) is 4.99 Å². The Balaban J connectivity index is 2.75. The molecular weight excluding hydrogens is 62.1 g/mol. The van der Waals surface area contributed by atoms with Gasteiger partial charge >= 0.3 is 0 Å². The highest BCUT2D eigenvalue weighted by Gasteiger charge is 1.51. The van der Waals surface area contributed by atoms with Gasteiger partial charge in [0.15, 0.2) is 0 Å². The van der Waals surface area contributed by atoms with E-state index in [1.807, 2.05) is 0 Å². The summed E-state index contributed by atoms with van der Waals surface area (Å²) in [4.78, 5) is 3.12. The maximum atomic E-state index is 4.72. The first-order chi connectivity index (χ1) is 2.41. The largest absolute Gasteiger partial charge is 0.279 e. The van der Waals surface area contributed by atoms with Crippen LogP contribution in [0.2, 0.25) is 0 Å². The lowest BCUT2D eigenvalue weighted by Crippen LogP contribution is -1.61. The van der Waals surface area contributed by atoms with Crippen LogP contribution in [-0.2, 0) is 0 Å². The van der Waals surface area contributed by atoms with Gasteiger partial charge < -0.3 is 0 Å². The molecular formula is C4H4N. The van der Waals surface area contributed by atoms with Crippen molar-refractivity contribution in [2.24, 2.45) is 4.99 Å². The van der Waals surface area contributed by atoms with Gasteiger partial charge in [0.2, 0.25) is 0 Å². The normalized spacial score (nSPS) is 5.40. The van der Waals surface area contributed by atoms with Gasteiger partial charge in [-0.2, -0.15) is 0 Å². The Hall–Kier alpha value is -0.770. The highest BCUT2D eigenvalue weighted by molar-refractivity contribution is 5.24. The Labute approximate surface area is 31.7 Å². The van der Waals surface area contributed by atoms with Gasteiger partial charge in [0.05, 0.1) is 6.54 Å². The topological polar surface area (TPSA) is 12.4 Å². The Morgan fingerprint density at radius 2 is 2.40 bits per heavy atom. The second-order valence-corrected chi connectivity index (χ2v) is 0.545. The fourth-order valence-electron chi connectivity index (χ4n) is 0.0527. The lowest BCUT2D eigenvalue weighted by molar-refractivity contribution is 1.32. The smallest absolute Gasteiger partial charge is 0.0995 e. The van der Waals surface area contributed by atoms with Crippen LogP contribution in [-0.4, -0.2) is 13.3 Å². The van der Waals surface area contributed by atoms with Crippen LogP contribution in [0.1, 0.15) is 0 Å². The van der Waals surface area contributed by atoms with Crippen LogP contribution in [0.3, 0.4) is 0 Å². The molecule has 0 aromatic carbocycles. The van der Waals surface area contributed by atoms with Gasteiger partial charge in [0.25, 0.3) is 0 Å². The van der Waals surface area contributed by atoms with Crippen LogP contribution in [0, 0.1) is 12.3 Å². The molecule has 0 N–H and O–H groups in total.